The molecule has 1 aliphatic carbocycles. The summed E-state index contributed by atoms with van der Waals surface area (Å²) in [5, 5.41) is 11.6. The molecule has 8 nitrogen and oxygen atoms in total. The third-order valence-electron chi connectivity index (χ3n) is 6.79. The molecular weight excluding hydrogens is 392 g/mol. The number of rotatable bonds is 6. The van der Waals surface area contributed by atoms with Crippen LogP contribution >= 0.6 is 0 Å². The highest BCUT2D eigenvalue weighted by atomic mass is 16.2. The number of carbonyl (C=O) groups is 2. The number of piperidine rings is 1. The number of H-pyrrole nitrogens is 1. The van der Waals surface area contributed by atoms with Crippen molar-refractivity contribution in [2.75, 3.05) is 20.1 Å². The Kier molecular flexibility index (Phi) is 6.73. The molecule has 0 radical (unpaired) electrons. The predicted octanol–water partition coefficient (Wildman–Crippen LogP) is 3.44. The molecule has 1 atom stereocenters. The normalized spacial score (nSPS) is 20.1. The standard InChI is InChI=1S/C23H34N6O2/c1-3-11-29-16-18(13-25-29)22(30)28-12-7-8-17(15-28)21-20(14-24-26-21)23(31)27(2)19-9-5-4-6-10-19/h13-14,16-17,19H,3-12,15H2,1-2H3,(H,24,26)/t17-/m0/s1. The number of aryl methyl sites for hydroxylation is 1. The summed E-state index contributed by atoms with van der Waals surface area (Å²) in [6.45, 7) is 4.22. The Morgan fingerprint density at radius 3 is 2.74 bits per heavy atom. The number of hydrogen-bond acceptors (Lipinski definition) is 4. The third-order valence-corrected chi connectivity index (χ3v) is 6.79. The van der Waals surface area contributed by atoms with Gasteiger partial charge in [0.1, 0.15) is 0 Å². The minimum Gasteiger partial charge on any atom is -0.339 e. The van der Waals surface area contributed by atoms with Crippen LogP contribution in [0.15, 0.2) is 18.6 Å². The van der Waals surface area contributed by atoms with Gasteiger partial charge in [-0.2, -0.15) is 10.2 Å². The fraction of sp³-hybridized carbons (Fsp3) is 0.652. The van der Waals surface area contributed by atoms with E-state index in [9.17, 15) is 9.59 Å². The molecule has 8 heteroatoms. The number of hydrogen-bond donors (Lipinski definition) is 1. The minimum absolute atomic E-state index is 0.0127. The van der Waals surface area contributed by atoms with Gasteiger partial charge in [0.05, 0.1) is 29.2 Å². The number of nitrogens with zero attached hydrogens (tertiary/aromatic N) is 5. The monoisotopic (exact) mass is 426 g/mol. The first-order chi connectivity index (χ1) is 15.1. The average molecular weight is 427 g/mol. The maximum Gasteiger partial charge on any atom is 0.257 e. The molecule has 168 valence electrons. The second-order valence-electron chi connectivity index (χ2n) is 8.99. The highest BCUT2D eigenvalue weighted by molar-refractivity contribution is 5.96. The Bertz CT molecular complexity index is 898. The SMILES string of the molecule is CCCn1cc(C(=O)N2CCC[C@H](c3[nH]ncc3C(=O)N(C)C3CCCCC3)C2)cn1. The van der Waals surface area contributed by atoms with Gasteiger partial charge in [-0.15, -0.1) is 0 Å². The predicted molar refractivity (Wildman–Crippen MR) is 118 cm³/mol. The zero-order valence-corrected chi connectivity index (χ0v) is 18.7. The first kappa shape index (κ1) is 21.6. The van der Waals surface area contributed by atoms with Crippen molar-refractivity contribution in [3.8, 4) is 0 Å². The fourth-order valence-electron chi connectivity index (χ4n) is 5.01. The van der Waals surface area contributed by atoms with E-state index in [0.29, 0.717) is 23.7 Å². The van der Waals surface area contributed by atoms with E-state index in [1.807, 2.05) is 27.7 Å². The average Bonchev–Trinajstić information content (AvgIpc) is 3.48. The van der Waals surface area contributed by atoms with Crippen LogP contribution in [-0.2, 0) is 6.54 Å². The van der Waals surface area contributed by atoms with Crippen molar-refractivity contribution in [3.05, 3.63) is 35.4 Å². The summed E-state index contributed by atoms with van der Waals surface area (Å²) in [6.07, 6.45) is 13.8. The van der Waals surface area contributed by atoms with Crippen LogP contribution in [0.1, 0.15) is 90.6 Å². The zero-order chi connectivity index (χ0) is 21.8. The Hall–Kier alpha value is -2.64. The van der Waals surface area contributed by atoms with Crippen LogP contribution in [-0.4, -0.2) is 67.8 Å². The molecule has 0 aromatic carbocycles. The van der Waals surface area contributed by atoms with Crippen molar-refractivity contribution < 1.29 is 9.59 Å². The number of aromatic amines is 1. The van der Waals surface area contributed by atoms with Crippen LogP contribution < -0.4 is 0 Å². The van der Waals surface area contributed by atoms with Gasteiger partial charge in [0.2, 0.25) is 0 Å². The number of aromatic nitrogens is 4. The van der Waals surface area contributed by atoms with Gasteiger partial charge in [0, 0.05) is 44.8 Å². The van der Waals surface area contributed by atoms with Gasteiger partial charge < -0.3 is 9.80 Å². The van der Waals surface area contributed by atoms with Crippen molar-refractivity contribution >= 4 is 11.8 Å². The minimum atomic E-state index is 0.0127. The lowest BCUT2D eigenvalue weighted by molar-refractivity contribution is 0.0690. The lowest BCUT2D eigenvalue weighted by Crippen LogP contribution is -2.41. The van der Waals surface area contributed by atoms with Gasteiger partial charge in [0.25, 0.3) is 11.8 Å². The largest absolute Gasteiger partial charge is 0.339 e. The Morgan fingerprint density at radius 2 is 1.97 bits per heavy atom. The van der Waals surface area contributed by atoms with Gasteiger partial charge in [0.15, 0.2) is 0 Å². The highest BCUT2D eigenvalue weighted by Crippen LogP contribution is 2.30. The maximum atomic E-state index is 13.2. The van der Waals surface area contributed by atoms with E-state index in [1.165, 1.54) is 19.3 Å². The van der Waals surface area contributed by atoms with Crippen LogP contribution in [0.5, 0.6) is 0 Å². The summed E-state index contributed by atoms with van der Waals surface area (Å²) >= 11 is 0. The van der Waals surface area contributed by atoms with E-state index < -0.39 is 0 Å². The molecule has 0 bridgehead atoms. The van der Waals surface area contributed by atoms with Crippen molar-refractivity contribution in [2.45, 2.75) is 76.8 Å². The summed E-state index contributed by atoms with van der Waals surface area (Å²) in [5.41, 5.74) is 2.15. The zero-order valence-electron chi connectivity index (χ0n) is 18.7. The van der Waals surface area contributed by atoms with E-state index in [1.54, 1.807) is 12.4 Å². The molecule has 2 aliphatic rings. The summed E-state index contributed by atoms with van der Waals surface area (Å²) in [6, 6.07) is 0.313. The topological polar surface area (TPSA) is 87.1 Å². The molecule has 3 heterocycles. The quantitative estimate of drug-likeness (QED) is 0.766. The second-order valence-corrected chi connectivity index (χ2v) is 8.99. The molecule has 1 saturated carbocycles. The van der Waals surface area contributed by atoms with Crippen LogP contribution in [0.25, 0.3) is 0 Å². The fourth-order valence-corrected chi connectivity index (χ4v) is 5.01. The van der Waals surface area contributed by atoms with E-state index in [4.69, 9.17) is 0 Å². The van der Waals surface area contributed by atoms with Crippen molar-refractivity contribution in [1.29, 1.82) is 0 Å². The van der Waals surface area contributed by atoms with Crippen LogP contribution in [0.4, 0.5) is 0 Å². The summed E-state index contributed by atoms with van der Waals surface area (Å²) < 4.78 is 1.82. The molecule has 1 N–H and O–H groups in total. The number of likely N-dealkylation sites (tertiary alicyclic amines) is 1. The summed E-state index contributed by atoms with van der Waals surface area (Å²) in [5.74, 6) is 0.142. The molecule has 2 amide bonds. The number of nitrogens with one attached hydrogen (secondary N) is 1. The highest BCUT2D eigenvalue weighted by Gasteiger charge is 2.32. The molecule has 1 saturated heterocycles. The molecule has 2 aromatic heterocycles. The number of carbonyl (C=O) groups excluding carboxylic acids is 2. The van der Waals surface area contributed by atoms with Gasteiger partial charge in [-0.3, -0.25) is 19.4 Å². The van der Waals surface area contributed by atoms with Crippen LogP contribution in [0.2, 0.25) is 0 Å². The van der Waals surface area contributed by atoms with E-state index in [2.05, 4.69) is 22.2 Å². The smallest absolute Gasteiger partial charge is 0.257 e. The Labute approximate surface area is 184 Å². The van der Waals surface area contributed by atoms with Gasteiger partial charge >= 0.3 is 0 Å². The Balaban J connectivity index is 1.45. The second kappa shape index (κ2) is 9.66. The molecule has 31 heavy (non-hydrogen) atoms. The third kappa shape index (κ3) is 4.67. The van der Waals surface area contributed by atoms with E-state index in [0.717, 1.165) is 50.9 Å². The summed E-state index contributed by atoms with van der Waals surface area (Å²) in [7, 11) is 1.92. The van der Waals surface area contributed by atoms with E-state index in [-0.39, 0.29) is 17.7 Å². The van der Waals surface area contributed by atoms with Gasteiger partial charge in [-0.25, -0.2) is 0 Å². The first-order valence-electron chi connectivity index (χ1n) is 11.7. The molecule has 2 aromatic rings. The van der Waals surface area contributed by atoms with Crippen LogP contribution in [0, 0.1) is 0 Å². The molecule has 2 fully saturated rings. The van der Waals surface area contributed by atoms with E-state index >= 15 is 0 Å². The maximum absolute atomic E-state index is 13.2. The van der Waals surface area contributed by atoms with Gasteiger partial charge in [-0.05, 0) is 32.1 Å². The molecule has 1 aliphatic heterocycles. The lowest BCUT2D eigenvalue weighted by atomic mass is 9.91. The Morgan fingerprint density at radius 1 is 1.16 bits per heavy atom. The van der Waals surface area contributed by atoms with Crippen LogP contribution in [0.3, 0.4) is 0 Å². The molecule has 4 rings (SSSR count). The number of amides is 2. The first-order valence-corrected chi connectivity index (χ1v) is 11.7. The van der Waals surface area contributed by atoms with Crippen molar-refractivity contribution in [3.63, 3.8) is 0 Å². The lowest BCUT2D eigenvalue weighted by Gasteiger charge is -2.34. The molecule has 0 spiro atoms. The molecule has 0 unspecified atom stereocenters. The summed E-state index contributed by atoms with van der Waals surface area (Å²) in [4.78, 5) is 30.1. The van der Waals surface area contributed by atoms with Crippen molar-refractivity contribution in [1.82, 2.24) is 29.8 Å². The van der Waals surface area contributed by atoms with Gasteiger partial charge in [-0.1, -0.05) is 26.2 Å². The van der Waals surface area contributed by atoms with Crippen molar-refractivity contribution in [2.24, 2.45) is 0 Å². The molecular formula is C23H34N6O2.